The average Bonchev–Trinajstić information content (AvgIpc) is 3.36. The van der Waals surface area contributed by atoms with Crippen LogP contribution in [0.4, 0.5) is 0 Å². The van der Waals surface area contributed by atoms with Crippen LogP contribution in [0.1, 0.15) is 33.0 Å². The molecule has 30 heavy (non-hydrogen) atoms. The molecule has 1 aliphatic rings. The quantitative estimate of drug-likeness (QED) is 0.648. The summed E-state index contributed by atoms with van der Waals surface area (Å²) in [6.45, 7) is 2.76. The number of hydrogen-bond donors (Lipinski definition) is 1. The second kappa shape index (κ2) is 7.98. The molecule has 0 aliphatic carbocycles. The van der Waals surface area contributed by atoms with E-state index in [9.17, 15) is 9.59 Å². The number of thiophene rings is 1. The smallest absolute Gasteiger partial charge is 0.262 e. The zero-order chi connectivity index (χ0) is 21.4. The summed E-state index contributed by atoms with van der Waals surface area (Å²) >= 11 is 1.26. The van der Waals surface area contributed by atoms with Gasteiger partial charge in [0.2, 0.25) is 5.75 Å². The highest BCUT2D eigenvalue weighted by Crippen LogP contribution is 2.38. The summed E-state index contributed by atoms with van der Waals surface area (Å²) in [6, 6.07) is 3.58. The summed E-state index contributed by atoms with van der Waals surface area (Å²) in [6.07, 6.45) is 1.73. The van der Waals surface area contributed by atoms with Gasteiger partial charge in [0.05, 0.1) is 31.6 Å². The van der Waals surface area contributed by atoms with Gasteiger partial charge in [0.1, 0.15) is 10.7 Å². The molecule has 0 radical (unpaired) electrons. The number of aryl methyl sites for hydroxylation is 2. The number of hydrogen-bond acceptors (Lipinski definition) is 7. The molecule has 0 saturated heterocycles. The molecule has 1 N–H and O–H groups in total. The maximum atomic E-state index is 12.9. The van der Waals surface area contributed by atoms with E-state index in [2.05, 4.69) is 10.3 Å². The summed E-state index contributed by atoms with van der Waals surface area (Å²) in [4.78, 5) is 31.4. The SMILES string of the molecule is COc1cc(CNC(=O)c2sc3nc4n(c(=O)c3c2C)CCC4)cc(OC)c1OC. The van der Waals surface area contributed by atoms with Gasteiger partial charge in [-0.1, -0.05) is 0 Å². The lowest BCUT2D eigenvalue weighted by atomic mass is 10.1. The summed E-state index contributed by atoms with van der Waals surface area (Å²) in [7, 11) is 4.63. The Morgan fingerprint density at radius 2 is 1.90 bits per heavy atom. The molecule has 0 spiro atoms. The summed E-state index contributed by atoms with van der Waals surface area (Å²) in [5.74, 6) is 2.10. The Balaban J connectivity index is 1.61. The molecule has 3 aromatic rings. The topological polar surface area (TPSA) is 91.7 Å². The van der Waals surface area contributed by atoms with E-state index in [0.717, 1.165) is 24.2 Å². The number of nitrogens with zero attached hydrogens (tertiary/aromatic N) is 2. The van der Waals surface area contributed by atoms with Crippen molar-refractivity contribution in [2.45, 2.75) is 32.9 Å². The van der Waals surface area contributed by atoms with Crippen LogP contribution < -0.4 is 25.1 Å². The number of carbonyl (C=O) groups is 1. The largest absolute Gasteiger partial charge is 0.493 e. The first-order valence-corrected chi connectivity index (χ1v) is 10.4. The van der Waals surface area contributed by atoms with Gasteiger partial charge in [-0.05, 0) is 36.6 Å². The molecule has 9 heteroatoms. The zero-order valence-electron chi connectivity index (χ0n) is 17.3. The predicted octanol–water partition coefficient (Wildman–Crippen LogP) is 2.67. The van der Waals surface area contributed by atoms with E-state index in [1.807, 2.05) is 0 Å². The second-order valence-electron chi connectivity index (χ2n) is 7.04. The van der Waals surface area contributed by atoms with Gasteiger partial charge in [-0.2, -0.15) is 0 Å². The summed E-state index contributed by atoms with van der Waals surface area (Å²) < 4.78 is 17.8. The normalized spacial score (nSPS) is 12.7. The molecule has 0 fully saturated rings. The van der Waals surface area contributed by atoms with Crippen LogP contribution >= 0.6 is 11.3 Å². The third-order valence-corrected chi connectivity index (χ3v) is 6.48. The van der Waals surface area contributed by atoms with Crippen LogP contribution in [0.2, 0.25) is 0 Å². The molecule has 158 valence electrons. The summed E-state index contributed by atoms with van der Waals surface area (Å²) in [5.41, 5.74) is 1.43. The number of ether oxygens (including phenoxy) is 3. The monoisotopic (exact) mass is 429 g/mol. The van der Waals surface area contributed by atoms with Crippen LogP contribution in [0.15, 0.2) is 16.9 Å². The second-order valence-corrected chi connectivity index (χ2v) is 8.04. The van der Waals surface area contributed by atoms with Crippen LogP contribution in [0, 0.1) is 6.92 Å². The number of carbonyl (C=O) groups excluding carboxylic acids is 1. The number of rotatable bonds is 6. The van der Waals surface area contributed by atoms with Crippen molar-refractivity contribution in [3.8, 4) is 17.2 Å². The molecular formula is C21H23N3O5S. The predicted molar refractivity (Wildman–Crippen MR) is 114 cm³/mol. The Bertz CT molecular complexity index is 1170. The molecular weight excluding hydrogens is 406 g/mol. The Morgan fingerprint density at radius 1 is 1.20 bits per heavy atom. The minimum atomic E-state index is -0.242. The molecule has 1 aliphatic heterocycles. The number of amides is 1. The van der Waals surface area contributed by atoms with Crippen molar-refractivity contribution < 1.29 is 19.0 Å². The van der Waals surface area contributed by atoms with Gasteiger partial charge >= 0.3 is 0 Å². The van der Waals surface area contributed by atoms with E-state index in [1.54, 1.807) is 45.0 Å². The minimum absolute atomic E-state index is 0.0510. The Morgan fingerprint density at radius 3 is 2.53 bits per heavy atom. The van der Waals surface area contributed by atoms with Gasteiger partial charge in [0, 0.05) is 19.5 Å². The molecule has 3 heterocycles. The van der Waals surface area contributed by atoms with Crippen LogP contribution in [0.3, 0.4) is 0 Å². The third-order valence-electron chi connectivity index (χ3n) is 5.30. The van der Waals surface area contributed by atoms with Crippen molar-refractivity contribution in [1.82, 2.24) is 14.9 Å². The van der Waals surface area contributed by atoms with E-state index in [-0.39, 0.29) is 18.0 Å². The molecule has 8 nitrogen and oxygen atoms in total. The number of aromatic nitrogens is 2. The maximum absolute atomic E-state index is 12.9. The fourth-order valence-corrected chi connectivity index (χ4v) is 4.90. The lowest BCUT2D eigenvalue weighted by molar-refractivity contribution is 0.0954. The van der Waals surface area contributed by atoms with Crippen molar-refractivity contribution in [2.24, 2.45) is 0 Å². The van der Waals surface area contributed by atoms with Crippen LogP contribution in [0.5, 0.6) is 17.2 Å². The molecule has 2 aromatic heterocycles. The molecule has 4 rings (SSSR count). The van der Waals surface area contributed by atoms with Gasteiger partial charge in [-0.15, -0.1) is 11.3 Å². The van der Waals surface area contributed by atoms with Crippen molar-refractivity contribution in [1.29, 1.82) is 0 Å². The first-order chi connectivity index (χ1) is 14.5. The molecule has 0 saturated carbocycles. The van der Waals surface area contributed by atoms with Crippen molar-refractivity contribution >= 4 is 27.5 Å². The van der Waals surface area contributed by atoms with Crippen molar-refractivity contribution in [3.05, 3.63) is 44.3 Å². The number of fused-ring (bicyclic) bond motifs is 2. The van der Waals surface area contributed by atoms with Gasteiger partial charge < -0.3 is 19.5 Å². The van der Waals surface area contributed by atoms with Crippen LogP contribution in [-0.4, -0.2) is 36.8 Å². The van der Waals surface area contributed by atoms with E-state index >= 15 is 0 Å². The molecule has 1 aromatic carbocycles. The molecule has 0 bridgehead atoms. The first-order valence-electron chi connectivity index (χ1n) is 9.58. The first kappa shape index (κ1) is 20.2. The maximum Gasteiger partial charge on any atom is 0.262 e. The minimum Gasteiger partial charge on any atom is -0.493 e. The van der Waals surface area contributed by atoms with Gasteiger partial charge in [-0.25, -0.2) is 4.98 Å². The standard InChI is InChI=1S/C21H23N3O5S/c1-11-16-20(23-15-6-5-7-24(15)21(16)26)30-18(11)19(25)22-10-12-8-13(27-2)17(29-4)14(9-12)28-3/h8-9H,5-7,10H2,1-4H3,(H,22,25). The highest BCUT2D eigenvalue weighted by atomic mass is 32.1. The number of methoxy groups -OCH3 is 3. The van der Waals surface area contributed by atoms with Crippen LogP contribution in [-0.2, 0) is 19.5 Å². The molecule has 0 atom stereocenters. The Labute approximate surface area is 177 Å². The van der Waals surface area contributed by atoms with E-state index < -0.39 is 0 Å². The van der Waals surface area contributed by atoms with Gasteiger partial charge in [0.25, 0.3) is 11.5 Å². The highest BCUT2D eigenvalue weighted by molar-refractivity contribution is 7.20. The molecule has 0 unspecified atom stereocenters. The van der Waals surface area contributed by atoms with Gasteiger partial charge in [0.15, 0.2) is 11.5 Å². The fourth-order valence-electron chi connectivity index (χ4n) is 3.79. The number of nitrogens with one attached hydrogen (secondary N) is 1. The zero-order valence-corrected chi connectivity index (χ0v) is 18.1. The van der Waals surface area contributed by atoms with Crippen LogP contribution in [0.25, 0.3) is 10.2 Å². The highest BCUT2D eigenvalue weighted by Gasteiger charge is 2.23. The Kier molecular flexibility index (Phi) is 5.38. The van der Waals surface area contributed by atoms with Gasteiger partial charge in [-0.3, -0.25) is 14.2 Å². The lowest BCUT2D eigenvalue weighted by Crippen LogP contribution is -2.23. The van der Waals surface area contributed by atoms with E-state index in [1.165, 1.54) is 11.3 Å². The fraction of sp³-hybridized carbons (Fsp3) is 0.381. The number of benzene rings is 1. The van der Waals surface area contributed by atoms with E-state index in [0.29, 0.717) is 44.5 Å². The summed E-state index contributed by atoms with van der Waals surface area (Å²) in [5, 5.41) is 3.46. The van der Waals surface area contributed by atoms with Crippen molar-refractivity contribution in [2.75, 3.05) is 21.3 Å². The van der Waals surface area contributed by atoms with Crippen molar-refractivity contribution in [3.63, 3.8) is 0 Å². The Hall–Kier alpha value is -3.07. The lowest BCUT2D eigenvalue weighted by Gasteiger charge is -2.14. The molecule has 1 amide bonds. The third kappa shape index (κ3) is 3.28. The van der Waals surface area contributed by atoms with E-state index in [4.69, 9.17) is 14.2 Å². The average molecular weight is 429 g/mol.